The highest BCUT2D eigenvalue weighted by Gasteiger charge is 2.33. The number of halogens is 3. The second-order valence-electron chi connectivity index (χ2n) is 4.78. The molecule has 0 fully saturated rings. The molecule has 0 aliphatic carbocycles. The van der Waals surface area contributed by atoms with Gasteiger partial charge in [-0.2, -0.15) is 13.2 Å². The maximum Gasteiger partial charge on any atom is 0.406 e. The molecule has 0 aliphatic heterocycles. The van der Waals surface area contributed by atoms with Gasteiger partial charge in [-0.05, 0) is 6.42 Å². The number of rotatable bonds is 10. The fourth-order valence-corrected chi connectivity index (χ4v) is 1.83. The summed E-state index contributed by atoms with van der Waals surface area (Å²) in [5, 5.41) is 8.54. The monoisotopic (exact) mass is 297 g/mol. The molecule has 1 amide bonds. The van der Waals surface area contributed by atoms with Crippen molar-refractivity contribution in [2.75, 3.05) is 13.1 Å². The van der Waals surface area contributed by atoms with E-state index < -0.39 is 31.1 Å². The first-order chi connectivity index (χ1) is 9.26. The van der Waals surface area contributed by atoms with E-state index in [0.717, 1.165) is 32.1 Å². The lowest BCUT2D eigenvalue weighted by Gasteiger charge is -2.22. The number of carbonyl (C=O) groups excluding carboxylic acids is 1. The highest BCUT2D eigenvalue weighted by atomic mass is 19.4. The molecule has 0 unspecified atom stereocenters. The summed E-state index contributed by atoms with van der Waals surface area (Å²) >= 11 is 0. The third-order valence-corrected chi connectivity index (χ3v) is 2.79. The van der Waals surface area contributed by atoms with E-state index >= 15 is 0 Å². The first-order valence-electron chi connectivity index (χ1n) is 6.82. The van der Waals surface area contributed by atoms with Crippen LogP contribution in [-0.4, -0.2) is 41.1 Å². The Balaban J connectivity index is 4.11. The molecule has 0 aromatic carbocycles. The Kier molecular flexibility index (Phi) is 9.00. The van der Waals surface area contributed by atoms with Gasteiger partial charge in [0.25, 0.3) is 0 Å². The molecule has 0 spiro atoms. The van der Waals surface area contributed by atoms with Crippen LogP contribution in [0.25, 0.3) is 0 Å². The van der Waals surface area contributed by atoms with Crippen molar-refractivity contribution in [2.24, 2.45) is 0 Å². The van der Waals surface area contributed by atoms with Crippen molar-refractivity contribution in [3.63, 3.8) is 0 Å². The summed E-state index contributed by atoms with van der Waals surface area (Å²) < 4.78 is 36.8. The van der Waals surface area contributed by atoms with Crippen molar-refractivity contribution < 1.29 is 27.9 Å². The van der Waals surface area contributed by atoms with Gasteiger partial charge in [-0.1, -0.05) is 39.0 Å². The summed E-state index contributed by atoms with van der Waals surface area (Å²) in [7, 11) is 0. The van der Waals surface area contributed by atoms with Crippen LogP contribution in [0, 0.1) is 0 Å². The zero-order valence-corrected chi connectivity index (χ0v) is 11.7. The second-order valence-corrected chi connectivity index (χ2v) is 4.78. The van der Waals surface area contributed by atoms with Crippen LogP contribution in [0.15, 0.2) is 0 Å². The van der Waals surface area contributed by atoms with Crippen LogP contribution in [-0.2, 0) is 9.59 Å². The van der Waals surface area contributed by atoms with Crippen molar-refractivity contribution in [2.45, 2.75) is 58.0 Å². The van der Waals surface area contributed by atoms with Crippen molar-refractivity contribution in [1.82, 2.24) is 4.90 Å². The van der Waals surface area contributed by atoms with Gasteiger partial charge in [-0.3, -0.25) is 9.59 Å². The molecule has 0 rings (SSSR count). The average Bonchev–Trinajstić information content (AvgIpc) is 2.30. The average molecular weight is 297 g/mol. The van der Waals surface area contributed by atoms with Crippen molar-refractivity contribution in [3.8, 4) is 0 Å². The van der Waals surface area contributed by atoms with Gasteiger partial charge in [0.1, 0.15) is 13.1 Å². The van der Waals surface area contributed by atoms with Gasteiger partial charge in [-0.25, -0.2) is 0 Å². The number of carbonyl (C=O) groups is 2. The maximum absolute atomic E-state index is 12.3. The molecule has 0 radical (unpaired) electrons. The SMILES string of the molecule is CCCCCCCCC(=O)N(CC(=O)O)CC(F)(F)F. The fourth-order valence-electron chi connectivity index (χ4n) is 1.83. The van der Waals surface area contributed by atoms with Gasteiger partial charge in [0.05, 0.1) is 0 Å². The largest absolute Gasteiger partial charge is 0.480 e. The minimum atomic E-state index is -4.58. The third kappa shape index (κ3) is 10.6. The summed E-state index contributed by atoms with van der Waals surface area (Å²) in [6.07, 6.45) is 0.854. The summed E-state index contributed by atoms with van der Waals surface area (Å²) in [5.41, 5.74) is 0. The first kappa shape index (κ1) is 18.7. The fraction of sp³-hybridized carbons (Fsp3) is 0.846. The minimum absolute atomic E-state index is 0.0323. The minimum Gasteiger partial charge on any atom is -0.480 e. The highest BCUT2D eigenvalue weighted by Crippen LogP contribution is 2.17. The standard InChI is InChI=1S/C13H22F3NO3/c1-2-3-4-5-6-7-8-11(18)17(9-12(19)20)10-13(14,15)16/h2-10H2,1H3,(H,19,20). The van der Waals surface area contributed by atoms with E-state index in [9.17, 15) is 22.8 Å². The van der Waals surface area contributed by atoms with Crippen LogP contribution in [0.4, 0.5) is 13.2 Å². The lowest BCUT2D eigenvalue weighted by molar-refractivity contribution is -0.165. The zero-order chi connectivity index (χ0) is 15.6. The van der Waals surface area contributed by atoms with E-state index in [1.807, 2.05) is 0 Å². The predicted octanol–water partition coefficient (Wildman–Crippen LogP) is 3.21. The molecule has 118 valence electrons. The third-order valence-electron chi connectivity index (χ3n) is 2.79. The van der Waals surface area contributed by atoms with Gasteiger partial charge >= 0.3 is 12.1 Å². The number of carboxylic acid groups (broad SMARTS) is 1. The predicted molar refractivity (Wildman–Crippen MR) is 68.3 cm³/mol. The molecule has 0 aromatic heterocycles. The summed E-state index contributed by atoms with van der Waals surface area (Å²) in [5.74, 6) is -2.19. The van der Waals surface area contributed by atoms with Crippen LogP contribution in [0.2, 0.25) is 0 Å². The number of nitrogens with zero attached hydrogens (tertiary/aromatic N) is 1. The Bertz CT molecular complexity index is 306. The van der Waals surface area contributed by atoms with Gasteiger partial charge < -0.3 is 10.0 Å². The number of hydrogen-bond donors (Lipinski definition) is 1. The molecular formula is C13H22F3NO3. The molecule has 0 heterocycles. The Hall–Kier alpha value is -1.27. The number of alkyl halides is 3. The summed E-state index contributed by atoms with van der Waals surface area (Å²) in [6, 6.07) is 0. The van der Waals surface area contributed by atoms with E-state index in [-0.39, 0.29) is 6.42 Å². The molecule has 0 aromatic rings. The smallest absolute Gasteiger partial charge is 0.406 e. The van der Waals surface area contributed by atoms with E-state index in [1.54, 1.807) is 0 Å². The number of unbranched alkanes of at least 4 members (excludes halogenated alkanes) is 5. The molecular weight excluding hydrogens is 275 g/mol. The quantitative estimate of drug-likeness (QED) is 0.630. The number of hydrogen-bond acceptors (Lipinski definition) is 2. The molecule has 20 heavy (non-hydrogen) atoms. The normalized spacial score (nSPS) is 11.4. The van der Waals surface area contributed by atoms with Gasteiger partial charge in [0, 0.05) is 6.42 Å². The molecule has 0 aliphatic rings. The number of aliphatic carboxylic acids is 1. The van der Waals surface area contributed by atoms with Gasteiger partial charge in [0.15, 0.2) is 0 Å². The van der Waals surface area contributed by atoms with Gasteiger partial charge in [0.2, 0.25) is 5.91 Å². The van der Waals surface area contributed by atoms with Crippen LogP contribution >= 0.6 is 0 Å². The lowest BCUT2D eigenvalue weighted by Crippen LogP contribution is -2.41. The lowest BCUT2D eigenvalue weighted by atomic mass is 10.1. The number of amides is 1. The number of carboxylic acids is 1. The van der Waals surface area contributed by atoms with Crippen molar-refractivity contribution >= 4 is 11.9 Å². The molecule has 0 saturated heterocycles. The van der Waals surface area contributed by atoms with E-state index in [4.69, 9.17) is 5.11 Å². The Labute approximate surface area is 116 Å². The van der Waals surface area contributed by atoms with Gasteiger partial charge in [-0.15, -0.1) is 0 Å². The van der Waals surface area contributed by atoms with Crippen LogP contribution in [0.3, 0.4) is 0 Å². The molecule has 0 atom stereocenters. The van der Waals surface area contributed by atoms with E-state index in [1.165, 1.54) is 0 Å². The Morgan fingerprint density at radius 3 is 2.10 bits per heavy atom. The first-order valence-corrected chi connectivity index (χ1v) is 6.82. The molecule has 4 nitrogen and oxygen atoms in total. The Morgan fingerprint density at radius 1 is 1.05 bits per heavy atom. The van der Waals surface area contributed by atoms with E-state index in [2.05, 4.69) is 6.92 Å². The van der Waals surface area contributed by atoms with E-state index in [0.29, 0.717) is 11.3 Å². The molecule has 0 saturated carbocycles. The van der Waals surface area contributed by atoms with Crippen molar-refractivity contribution in [1.29, 1.82) is 0 Å². The van der Waals surface area contributed by atoms with Crippen LogP contribution < -0.4 is 0 Å². The maximum atomic E-state index is 12.3. The Morgan fingerprint density at radius 2 is 1.60 bits per heavy atom. The highest BCUT2D eigenvalue weighted by molar-refractivity contribution is 5.81. The summed E-state index contributed by atoms with van der Waals surface area (Å²) in [4.78, 5) is 22.5. The second kappa shape index (κ2) is 9.61. The van der Waals surface area contributed by atoms with Crippen molar-refractivity contribution in [3.05, 3.63) is 0 Å². The molecule has 1 N–H and O–H groups in total. The molecule has 7 heteroatoms. The zero-order valence-electron chi connectivity index (χ0n) is 11.7. The van der Waals surface area contributed by atoms with Crippen LogP contribution in [0.5, 0.6) is 0 Å². The molecule has 0 bridgehead atoms. The summed E-state index contributed by atoms with van der Waals surface area (Å²) in [6.45, 7) is -0.341. The van der Waals surface area contributed by atoms with Crippen LogP contribution in [0.1, 0.15) is 51.9 Å². The topological polar surface area (TPSA) is 57.6 Å².